The number of likely N-dealkylation sites (tertiary alicyclic amines) is 2. The van der Waals surface area contributed by atoms with Gasteiger partial charge in [0.2, 0.25) is 0 Å². The maximum atomic E-state index is 13.8. The second-order valence-electron chi connectivity index (χ2n) is 11.1. The highest BCUT2D eigenvalue weighted by Gasteiger charge is 2.60. The van der Waals surface area contributed by atoms with Crippen molar-refractivity contribution >= 4 is 17.7 Å². The van der Waals surface area contributed by atoms with Gasteiger partial charge in [0.05, 0.1) is 11.5 Å². The number of ether oxygens (including phenoxy) is 1. The number of carboxylic acid groups (broad SMARTS) is 1. The molecule has 3 saturated heterocycles. The SMILES string of the molecule is O=C(O)C1CCCN(c2cc(CN3CCCC34CCN(C(=O)OC(C(F)(F)F)C(F)(F)F)CC4)cc(C(F)(F)F)c2)C1. The molecule has 0 bridgehead atoms. The molecule has 16 heteroatoms. The summed E-state index contributed by atoms with van der Waals surface area (Å²) in [6.45, 7) is 0.672. The van der Waals surface area contributed by atoms with E-state index in [-0.39, 0.29) is 44.7 Å². The molecule has 3 heterocycles. The third-order valence-electron chi connectivity index (χ3n) is 8.32. The highest BCUT2D eigenvalue weighted by molar-refractivity contribution is 5.71. The van der Waals surface area contributed by atoms with Gasteiger partial charge in [0.1, 0.15) is 0 Å². The Morgan fingerprint density at radius 3 is 2.12 bits per heavy atom. The largest absolute Gasteiger partial charge is 0.481 e. The molecule has 1 spiro atoms. The summed E-state index contributed by atoms with van der Waals surface area (Å²) in [5.74, 6) is -1.73. The lowest BCUT2D eigenvalue weighted by Gasteiger charge is -2.45. The van der Waals surface area contributed by atoms with Gasteiger partial charge in [-0.25, -0.2) is 4.79 Å². The van der Waals surface area contributed by atoms with E-state index in [0.29, 0.717) is 44.3 Å². The van der Waals surface area contributed by atoms with Crippen molar-refractivity contribution in [1.29, 1.82) is 0 Å². The van der Waals surface area contributed by atoms with E-state index >= 15 is 0 Å². The first kappa shape index (κ1) is 32.0. The van der Waals surface area contributed by atoms with E-state index in [2.05, 4.69) is 4.74 Å². The highest BCUT2D eigenvalue weighted by atomic mass is 19.4. The fourth-order valence-electron chi connectivity index (χ4n) is 6.15. The van der Waals surface area contributed by atoms with Crippen molar-refractivity contribution < 1.29 is 58.9 Å². The fraction of sp³-hybridized carbons (Fsp3) is 0.692. The van der Waals surface area contributed by atoms with Crippen molar-refractivity contribution in [1.82, 2.24) is 9.80 Å². The molecule has 3 fully saturated rings. The summed E-state index contributed by atoms with van der Waals surface area (Å²) < 4.78 is 122. The number of hydrogen-bond acceptors (Lipinski definition) is 5. The number of rotatable bonds is 5. The molecule has 0 aliphatic carbocycles. The van der Waals surface area contributed by atoms with Gasteiger partial charge in [-0.3, -0.25) is 9.69 Å². The number of carbonyl (C=O) groups is 2. The van der Waals surface area contributed by atoms with Crippen molar-refractivity contribution in [2.75, 3.05) is 37.6 Å². The lowest BCUT2D eigenvalue weighted by Crippen LogP contribution is -2.54. The molecule has 3 aliphatic heterocycles. The number of carbonyl (C=O) groups excluding carboxylic acids is 1. The molecule has 3 aliphatic rings. The summed E-state index contributed by atoms with van der Waals surface area (Å²) in [4.78, 5) is 28.0. The predicted octanol–water partition coefficient (Wildman–Crippen LogP) is 6.07. The molecule has 0 aromatic heterocycles. The van der Waals surface area contributed by atoms with Crippen LogP contribution in [0.1, 0.15) is 49.7 Å². The molecule has 1 aromatic carbocycles. The molecule has 4 rings (SSSR count). The number of carboxylic acids is 1. The smallest absolute Gasteiger partial charge is 0.434 e. The summed E-state index contributed by atoms with van der Waals surface area (Å²) in [7, 11) is 0. The Hall–Kier alpha value is -2.91. The first-order valence-corrected chi connectivity index (χ1v) is 13.4. The number of piperidine rings is 2. The Morgan fingerprint density at radius 2 is 1.55 bits per heavy atom. The lowest BCUT2D eigenvalue weighted by atomic mass is 9.84. The average molecular weight is 620 g/mol. The quantitative estimate of drug-likeness (QED) is 0.404. The van der Waals surface area contributed by atoms with Gasteiger partial charge in [-0.05, 0) is 68.8 Å². The summed E-state index contributed by atoms with van der Waals surface area (Å²) in [6.07, 6.45) is -19.8. The zero-order valence-electron chi connectivity index (χ0n) is 22.3. The van der Waals surface area contributed by atoms with E-state index in [0.717, 1.165) is 17.0 Å². The lowest BCUT2D eigenvalue weighted by molar-refractivity contribution is -0.308. The van der Waals surface area contributed by atoms with Crippen LogP contribution in [-0.2, 0) is 22.3 Å². The molecule has 1 unspecified atom stereocenters. The highest BCUT2D eigenvalue weighted by Crippen LogP contribution is 2.42. The van der Waals surface area contributed by atoms with Crippen molar-refractivity contribution in [3.8, 4) is 0 Å². The number of hydrogen-bond donors (Lipinski definition) is 1. The van der Waals surface area contributed by atoms with Crippen LogP contribution >= 0.6 is 0 Å². The molecule has 1 N–H and O–H groups in total. The standard InChI is InChI=1S/C26H30F9N3O4/c27-24(28,29)18-11-16(12-19(13-18)37-7-1-3-17(15-37)20(39)40)14-38-8-2-4-23(38)5-9-36(10-6-23)22(41)42-21(25(30,31)32)26(33,34)35/h11-13,17,21H,1-10,14-15H2,(H,39,40). The van der Waals surface area contributed by atoms with Gasteiger partial charge < -0.3 is 19.6 Å². The first-order chi connectivity index (χ1) is 19.4. The maximum Gasteiger partial charge on any atom is 0.434 e. The monoisotopic (exact) mass is 619 g/mol. The van der Waals surface area contributed by atoms with Gasteiger partial charge in [-0.1, -0.05) is 0 Å². The summed E-state index contributed by atoms with van der Waals surface area (Å²) in [5.41, 5.74) is -0.917. The number of anilines is 1. The number of halogens is 9. The second-order valence-corrected chi connectivity index (χ2v) is 11.1. The zero-order chi connectivity index (χ0) is 31.1. The minimum absolute atomic E-state index is 0.0687. The van der Waals surface area contributed by atoms with E-state index in [9.17, 15) is 54.2 Å². The Labute approximate surface area is 235 Å². The van der Waals surface area contributed by atoms with Crippen LogP contribution in [0.3, 0.4) is 0 Å². The van der Waals surface area contributed by atoms with E-state index in [1.54, 1.807) is 11.0 Å². The molecule has 7 nitrogen and oxygen atoms in total. The van der Waals surface area contributed by atoms with Gasteiger partial charge in [-0.15, -0.1) is 0 Å². The summed E-state index contributed by atoms with van der Waals surface area (Å²) >= 11 is 0. The summed E-state index contributed by atoms with van der Waals surface area (Å²) in [6, 6.07) is 3.61. The third-order valence-corrected chi connectivity index (χ3v) is 8.32. The third kappa shape index (κ3) is 7.17. The van der Waals surface area contributed by atoms with Gasteiger partial charge in [0.25, 0.3) is 6.10 Å². The fourth-order valence-corrected chi connectivity index (χ4v) is 6.15. The van der Waals surface area contributed by atoms with Gasteiger partial charge in [0, 0.05) is 44.0 Å². The van der Waals surface area contributed by atoms with Crippen molar-refractivity contribution in [2.45, 2.75) is 75.2 Å². The molecular formula is C26H30F9N3O4. The average Bonchev–Trinajstić information content (AvgIpc) is 3.26. The maximum absolute atomic E-state index is 13.8. The van der Waals surface area contributed by atoms with Gasteiger partial charge in [-0.2, -0.15) is 39.5 Å². The van der Waals surface area contributed by atoms with Crippen molar-refractivity contribution in [3.05, 3.63) is 29.3 Å². The van der Waals surface area contributed by atoms with Crippen LogP contribution in [0, 0.1) is 5.92 Å². The number of nitrogens with zero attached hydrogens (tertiary/aromatic N) is 3. The minimum atomic E-state index is -5.83. The van der Waals surface area contributed by atoms with E-state index < -0.39 is 53.7 Å². The Morgan fingerprint density at radius 1 is 0.905 bits per heavy atom. The van der Waals surface area contributed by atoms with Crippen LogP contribution in [0.4, 0.5) is 50.0 Å². The zero-order valence-corrected chi connectivity index (χ0v) is 22.3. The van der Waals surface area contributed by atoms with Crippen molar-refractivity contribution in [2.24, 2.45) is 5.92 Å². The molecule has 1 amide bonds. The van der Waals surface area contributed by atoms with Crippen molar-refractivity contribution in [3.63, 3.8) is 0 Å². The van der Waals surface area contributed by atoms with Crippen LogP contribution in [0.5, 0.6) is 0 Å². The molecule has 42 heavy (non-hydrogen) atoms. The van der Waals surface area contributed by atoms with Crippen LogP contribution < -0.4 is 4.90 Å². The molecule has 0 radical (unpaired) electrons. The second kappa shape index (κ2) is 11.6. The number of aliphatic carboxylic acids is 1. The van der Waals surface area contributed by atoms with E-state index in [1.165, 1.54) is 0 Å². The van der Waals surface area contributed by atoms with Crippen LogP contribution in [0.15, 0.2) is 18.2 Å². The topological polar surface area (TPSA) is 73.3 Å². The van der Waals surface area contributed by atoms with Gasteiger partial charge in [0.15, 0.2) is 0 Å². The minimum Gasteiger partial charge on any atom is -0.481 e. The van der Waals surface area contributed by atoms with Crippen LogP contribution in [0.25, 0.3) is 0 Å². The predicted molar refractivity (Wildman–Crippen MR) is 130 cm³/mol. The number of amides is 1. The first-order valence-electron chi connectivity index (χ1n) is 13.4. The Balaban J connectivity index is 1.48. The molecule has 236 valence electrons. The number of alkyl halides is 9. The summed E-state index contributed by atoms with van der Waals surface area (Å²) in [5, 5.41) is 9.39. The van der Waals surface area contributed by atoms with Crippen LogP contribution in [0.2, 0.25) is 0 Å². The van der Waals surface area contributed by atoms with E-state index in [4.69, 9.17) is 0 Å². The molecule has 0 saturated carbocycles. The Kier molecular flexibility index (Phi) is 8.87. The molecule has 1 atom stereocenters. The normalized spacial score (nSPS) is 22.2. The molecular weight excluding hydrogens is 589 g/mol. The Bertz CT molecular complexity index is 1130. The van der Waals surface area contributed by atoms with Gasteiger partial charge >= 0.3 is 30.6 Å². The number of benzene rings is 1. The van der Waals surface area contributed by atoms with Crippen LogP contribution in [-0.4, -0.2) is 83.7 Å². The molecule has 1 aromatic rings. The van der Waals surface area contributed by atoms with E-state index in [1.807, 2.05) is 4.90 Å².